The van der Waals surface area contributed by atoms with Gasteiger partial charge in [0, 0.05) is 19.4 Å². The Balaban J connectivity index is 5.53. The zero-order chi connectivity index (χ0) is 29.1. The van der Waals surface area contributed by atoms with Gasteiger partial charge in [-0.2, -0.15) is 0 Å². The topological polar surface area (TPSA) is 151 Å². The molecule has 0 heterocycles. The SMILES string of the molecule is CC(C)CC(=O)NC(C(=O)NC(CC(C)C)C(O)C(F)(F)CNC(=O)C(CN)C(=O)CC(C)C)C(C)C. The maximum Gasteiger partial charge on any atom is 0.292 e. The van der Waals surface area contributed by atoms with Crippen molar-refractivity contribution in [2.75, 3.05) is 13.1 Å². The highest BCUT2D eigenvalue weighted by Gasteiger charge is 2.45. The largest absolute Gasteiger partial charge is 0.385 e. The molecule has 0 aromatic carbocycles. The van der Waals surface area contributed by atoms with Gasteiger partial charge in [-0.15, -0.1) is 0 Å². The summed E-state index contributed by atoms with van der Waals surface area (Å²) in [6.45, 7) is 12.7. The van der Waals surface area contributed by atoms with Gasteiger partial charge >= 0.3 is 0 Å². The molecule has 3 amide bonds. The van der Waals surface area contributed by atoms with Gasteiger partial charge in [0.2, 0.25) is 17.7 Å². The van der Waals surface area contributed by atoms with Crippen LogP contribution in [0.2, 0.25) is 0 Å². The summed E-state index contributed by atoms with van der Waals surface area (Å²) in [5.41, 5.74) is 5.52. The number of nitrogens with one attached hydrogen (secondary N) is 3. The van der Waals surface area contributed by atoms with E-state index in [9.17, 15) is 24.3 Å². The fraction of sp³-hybridized carbons (Fsp3) is 0.846. The number of hydrogen-bond donors (Lipinski definition) is 5. The first-order chi connectivity index (χ1) is 16.9. The van der Waals surface area contributed by atoms with E-state index < -0.39 is 54.2 Å². The maximum atomic E-state index is 15.0. The third kappa shape index (κ3) is 12.8. The van der Waals surface area contributed by atoms with E-state index in [2.05, 4.69) is 10.6 Å². The van der Waals surface area contributed by atoms with E-state index in [1.165, 1.54) is 0 Å². The second kappa shape index (κ2) is 16.0. The molecule has 0 fully saturated rings. The quantitative estimate of drug-likeness (QED) is 0.180. The van der Waals surface area contributed by atoms with Gasteiger partial charge in [0.15, 0.2) is 0 Å². The van der Waals surface area contributed by atoms with E-state index in [0.29, 0.717) is 0 Å². The minimum absolute atomic E-state index is 0.0251. The number of nitrogens with two attached hydrogens (primary N) is 1. The number of carbonyl (C=O) groups is 4. The molecule has 9 nitrogen and oxygen atoms in total. The first-order valence-electron chi connectivity index (χ1n) is 13.1. The Hall–Kier alpha value is -2.14. The fourth-order valence-electron chi connectivity index (χ4n) is 3.84. The molecule has 0 saturated carbocycles. The van der Waals surface area contributed by atoms with Crippen molar-refractivity contribution >= 4 is 23.5 Å². The summed E-state index contributed by atoms with van der Waals surface area (Å²) >= 11 is 0. The summed E-state index contributed by atoms with van der Waals surface area (Å²) in [5.74, 6) is -7.92. The highest BCUT2D eigenvalue weighted by Crippen LogP contribution is 2.24. The van der Waals surface area contributed by atoms with Crippen LogP contribution >= 0.6 is 0 Å². The number of aliphatic hydroxyl groups excluding tert-OH is 1. The molecular weight excluding hydrogens is 486 g/mol. The third-order valence-corrected chi connectivity index (χ3v) is 5.77. The maximum absolute atomic E-state index is 15.0. The molecule has 0 spiro atoms. The van der Waals surface area contributed by atoms with Gasteiger partial charge in [-0.1, -0.05) is 55.4 Å². The highest BCUT2D eigenvalue weighted by molar-refractivity contribution is 6.01. The summed E-state index contributed by atoms with van der Waals surface area (Å²) in [6.07, 6.45) is -2.02. The van der Waals surface area contributed by atoms with Crippen LogP contribution in [0.4, 0.5) is 8.78 Å². The number of alkyl halides is 2. The van der Waals surface area contributed by atoms with Crippen LogP contribution in [0.5, 0.6) is 0 Å². The van der Waals surface area contributed by atoms with Crippen LogP contribution in [0.3, 0.4) is 0 Å². The van der Waals surface area contributed by atoms with Gasteiger partial charge in [-0.25, -0.2) is 8.78 Å². The highest BCUT2D eigenvalue weighted by atomic mass is 19.3. The lowest BCUT2D eigenvalue weighted by atomic mass is 9.93. The van der Waals surface area contributed by atoms with Crippen molar-refractivity contribution in [3.05, 3.63) is 0 Å². The Morgan fingerprint density at radius 2 is 1.38 bits per heavy atom. The number of hydrogen-bond acceptors (Lipinski definition) is 6. The van der Waals surface area contributed by atoms with E-state index in [1.54, 1.807) is 41.5 Å². The number of carbonyl (C=O) groups excluding carboxylic acids is 4. The minimum atomic E-state index is -3.82. The molecule has 11 heteroatoms. The molecule has 0 radical (unpaired) electrons. The second-order valence-electron chi connectivity index (χ2n) is 11.4. The van der Waals surface area contributed by atoms with Crippen LogP contribution in [-0.2, 0) is 19.2 Å². The van der Waals surface area contributed by atoms with E-state index in [4.69, 9.17) is 5.73 Å². The minimum Gasteiger partial charge on any atom is -0.385 e. The van der Waals surface area contributed by atoms with Crippen LogP contribution in [0.15, 0.2) is 0 Å². The van der Waals surface area contributed by atoms with Crippen molar-refractivity contribution in [1.82, 2.24) is 16.0 Å². The lowest BCUT2D eigenvalue weighted by Gasteiger charge is -2.33. The number of rotatable bonds is 17. The number of aliphatic hydroxyl groups is 1. The van der Waals surface area contributed by atoms with Crippen LogP contribution in [0, 0.1) is 29.6 Å². The standard InChI is InChI=1S/C26H48F2N4O5/c1-14(2)9-19(31-25(37)22(17(7)8)32-21(34)11-16(5)6)23(35)26(27,28)13-30-24(36)18(12-29)20(33)10-15(3)4/h14-19,22-23,35H,9-13,29H2,1-8H3,(H,30,36)(H,31,37)(H,32,34). The van der Waals surface area contributed by atoms with Crippen LogP contribution in [0.25, 0.3) is 0 Å². The van der Waals surface area contributed by atoms with E-state index in [-0.39, 0.29) is 55.4 Å². The molecule has 4 atom stereocenters. The van der Waals surface area contributed by atoms with Gasteiger partial charge in [-0.3, -0.25) is 19.2 Å². The first-order valence-corrected chi connectivity index (χ1v) is 13.1. The van der Waals surface area contributed by atoms with Gasteiger partial charge in [0.05, 0.1) is 12.6 Å². The Bertz CT molecular complexity index is 759. The zero-order valence-electron chi connectivity index (χ0n) is 23.6. The summed E-state index contributed by atoms with van der Waals surface area (Å²) in [5, 5.41) is 17.8. The number of ketones is 1. The van der Waals surface area contributed by atoms with Crippen molar-refractivity contribution < 1.29 is 33.1 Å². The molecule has 4 unspecified atom stereocenters. The molecule has 216 valence electrons. The molecule has 0 rings (SSSR count). The molecule has 0 bridgehead atoms. The van der Waals surface area contributed by atoms with E-state index in [1.807, 2.05) is 19.2 Å². The summed E-state index contributed by atoms with van der Waals surface area (Å²) in [7, 11) is 0. The third-order valence-electron chi connectivity index (χ3n) is 5.77. The molecule has 0 aliphatic carbocycles. The van der Waals surface area contributed by atoms with Crippen molar-refractivity contribution in [2.45, 2.75) is 98.8 Å². The fourth-order valence-corrected chi connectivity index (χ4v) is 3.84. The van der Waals surface area contributed by atoms with Crippen molar-refractivity contribution in [1.29, 1.82) is 0 Å². The van der Waals surface area contributed by atoms with E-state index >= 15 is 8.78 Å². The number of amides is 3. The van der Waals surface area contributed by atoms with Crippen LogP contribution < -0.4 is 21.7 Å². The molecule has 0 aliphatic heterocycles. The zero-order valence-corrected chi connectivity index (χ0v) is 23.6. The smallest absolute Gasteiger partial charge is 0.292 e. The number of Topliss-reactive ketones (excluding diaryl/α,β-unsaturated/α-hetero) is 1. The number of halogens is 2. The molecule has 37 heavy (non-hydrogen) atoms. The Morgan fingerprint density at radius 3 is 1.81 bits per heavy atom. The second-order valence-corrected chi connectivity index (χ2v) is 11.4. The van der Waals surface area contributed by atoms with Crippen LogP contribution in [-0.4, -0.2) is 65.8 Å². The molecular formula is C26H48F2N4O5. The average Bonchev–Trinajstić information content (AvgIpc) is 2.73. The summed E-state index contributed by atoms with van der Waals surface area (Å²) in [6, 6.07) is -2.32. The van der Waals surface area contributed by atoms with Crippen LogP contribution in [0.1, 0.15) is 74.7 Å². The van der Waals surface area contributed by atoms with Crippen molar-refractivity contribution in [3.63, 3.8) is 0 Å². The lowest BCUT2D eigenvalue weighted by Crippen LogP contribution is -2.59. The molecule has 0 aliphatic rings. The lowest BCUT2D eigenvalue weighted by molar-refractivity contribution is -0.144. The monoisotopic (exact) mass is 534 g/mol. The molecule has 0 saturated heterocycles. The van der Waals surface area contributed by atoms with Gasteiger partial charge in [0.1, 0.15) is 23.8 Å². The van der Waals surface area contributed by atoms with Gasteiger partial charge in [-0.05, 0) is 30.1 Å². The van der Waals surface area contributed by atoms with Crippen molar-refractivity contribution in [3.8, 4) is 0 Å². The van der Waals surface area contributed by atoms with Crippen molar-refractivity contribution in [2.24, 2.45) is 35.3 Å². The predicted molar refractivity (Wildman–Crippen MR) is 139 cm³/mol. The van der Waals surface area contributed by atoms with Gasteiger partial charge < -0.3 is 26.8 Å². The molecule has 6 N–H and O–H groups in total. The van der Waals surface area contributed by atoms with Gasteiger partial charge in [0.25, 0.3) is 5.92 Å². The Morgan fingerprint density at radius 1 is 0.838 bits per heavy atom. The Kier molecular flexibility index (Phi) is 15.0. The normalized spacial score (nSPS) is 15.5. The molecule has 0 aromatic heterocycles. The Labute approximate surface area is 220 Å². The van der Waals surface area contributed by atoms with E-state index in [0.717, 1.165) is 0 Å². The summed E-state index contributed by atoms with van der Waals surface area (Å²) < 4.78 is 30.0. The molecule has 0 aromatic rings. The average molecular weight is 535 g/mol. The summed E-state index contributed by atoms with van der Waals surface area (Å²) in [4.78, 5) is 49.8. The first kappa shape index (κ1) is 34.9. The predicted octanol–water partition coefficient (Wildman–Crippen LogP) is 2.01.